The first-order valence-corrected chi connectivity index (χ1v) is 6.90. The molecular formula is C15H18N6. The second-order valence-corrected chi connectivity index (χ2v) is 5.28. The minimum Gasteiger partial charge on any atom is -0.399 e. The zero-order valence-corrected chi connectivity index (χ0v) is 12.1. The summed E-state index contributed by atoms with van der Waals surface area (Å²) in [7, 11) is 0. The van der Waals surface area contributed by atoms with Gasteiger partial charge in [0, 0.05) is 30.7 Å². The van der Waals surface area contributed by atoms with Crippen molar-refractivity contribution in [2.24, 2.45) is 0 Å². The number of aromatic nitrogens is 4. The van der Waals surface area contributed by atoms with Crippen molar-refractivity contribution < 1.29 is 0 Å². The predicted molar refractivity (Wildman–Crippen MR) is 83.0 cm³/mol. The third-order valence-electron chi connectivity index (χ3n) is 3.40. The molecule has 2 heterocycles. The van der Waals surface area contributed by atoms with E-state index in [1.165, 1.54) is 0 Å². The van der Waals surface area contributed by atoms with Gasteiger partial charge < -0.3 is 10.6 Å². The smallest absolute Gasteiger partial charge is 0.203 e. The van der Waals surface area contributed by atoms with E-state index in [1.807, 2.05) is 28.8 Å². The van der Waals surface area contributed by atoms with E-state index in [-0.39, 0.29) is 6.04 Å². The summed E-state index contributed by atoms with van der Waals surface area (Å²) in [5, 5.41) is 8.12. The van der Waals surface area contributed by atoms with Gasteiger partial charge in [-0.15, -0.1) is 10.2 Å². The molecule has 0 saturated carbocycles. The topological polar surface area (TPSA) is 72.3 Å². The first kappa shape index (κ1) is 13.4. The number of anilines is 2. The molecule has 0 spiro atoms. The molecule has 3 aromatic rings. The second kappa shape index (κ2) is 5.40. The van der Waals surface area contributed by atoms with Crippen LogP contribution in [0.5, 0.6) is 0 Å². The zero-order valence-electron chi connectivity index (χ0n) is 12.1. The Morgan fingerprint density at radius 3 is 2.95 bits per heavy atom. The molecule has 6 heteroatoms. The van der Waals surface area contributed by atoms with E-state index < -0.39 is 0 Å². The molecule has 0 saturated heterocycles. The van der Waals surface area contributed by atoms with E-state index in [4.69, 9.17) is 5.73 Å². The Bertz CT molecular complexity index is 749. The van der Waals surface area contributed by atoms with Gasteiger partial charge in [-0.2, -0.15) is 0 Å². The van der Waals surface area contributed by atoms with Crippen LogP contribution in [0.1, 0.15) is 19.4 Å². The summed E-state index contributed by atoms with van der Waals surface area (Å²) in [5.74, 6) is 0.826. The zero-order chi connectivity index (χ0) is 14.8. The Labute approximate surface area is 123 Å². The lowest BCUT2D eigenvalue weighted by molar-refractivity contribution is 0.672. The van der Waals surface area contributed by atoms with E-state index in [2.05, 4.69) is 40.0 Å². The molecule has 108 valence electrons. The van der Waals surface area contributed by atoms with Crippen molar-refractivity contribution >= 4 is 17.2 Å². The molecule has 6 nitrogen and oxygen atoms in total. The average molecular weight is 282 g/mol. The van der Waals surface area contributed by atoms with E-state index in [1.54, 1.807) is 12.5 Å². The third-order valence-corrected chi connectivity index (χ3v) is 3.40. The number of hydrogen-bond acceptors (Lipinski definition) is 5. The fourth-order valence-corrected chi connectivity index (χ4v) is 2.34. The van der Waals surface area contributed by atoms with Crippen LogP contribution in [0.25, 0.3) is 5.65 Å². The molecule has 0 bridgehead atoms. The quantitative estimate of drug-likeness (QED) is 0.742. The molecule has 21 heavy (non-hydrogen) atoms. The minimum absolute atomic E-state index is 0.279. The maximum Gasteiger partial charge on any atom is 0.203 e. The van der Waals surface area contributed by atoms with Gasteiger partial charge in [0.25, 0.3) is 0 Å². The Morgan fingerprint density at radius 2 is 2.19 bits per heavy atom. The predicted octanol–water partition coefficient (Wildman–Crippen LogP) is 2.12. The second-order valence-electron chi connectivity index (χ2n) is 5.28. The Morgan fingerprint density at radius 1 is 1.33 bits per heavy atom. The molecule has 2 aromatic heterocycles. The lowest BCUT2D eigenvalue weighted by Gasteiger charge is -2.28. The number of rotatable bonds is 4. The summed E-state index contributed by atoms with van der Waals surface area (Å²) in [6.07, 6.45) is 5.29. The molecule has 0 radical (unpaired) electrons. The Hall–Kier alpha value is -2.63. The van der Waals surface area contributed by atoms with Gasteiger partial charge in [0.05, 0.1) is 0 Å². The summed E-state index contributed by atoms with van der Waals surface area (Å²) in [4.78, 5) is 6.68. The van der Waals surface area contributed by atoms with Crippen LogP contribution in [0, 0.1) is 0 Å². The normalized spacial score (nSPS) is 11.2. The maximum atomic E-state index is 5.86. The molecule has 0 amide bonds. The Balaban J connectivity index is 2.00. The summed E-state index contributed by atoms with van der Waals surface area (Å²) in [5.41, 5.74) is 8.54. The number of nitrogen functional groups attached to an aromatic ring is 1. The van der Waals surface area contributed by atoms with Crippen molar-refractivity contribution in [3.05, 3.63) is 48.5 Å². The van der Waals surface area contributed by atoms with Crippen LogP contribution in [0.3, 0.4) is 0 Å². The first-order valence-electron chi connectivity index (χ1n) is 6.90. The van der Waals surface area contributed by atoms with Crippen molar-refractivity contribution in [3.63, 3.8) is 0 Å². The number of fused-ring (bicyclic) bond motifs is 1. The maximum absolute atomic E-state index is 5.86. The monoisotopic (exact) mass is 282 g/mol. The van der Waals surface area contributed by atoms with E-state index in [0.29, 0.717) is 0 Å². The molecule has 3 rings (SSSR count). The molecule has 0 atom stereocenters. The highest BCUT2D eigenvalue weighted by atomic mass is 15.3. The SMILES string of the molecule is CC(C)N(Cc1cccc(N)c1)c1nccn2cnnc12. The van der Waals surface area contributed by atoms with Gasteiger partial charge in [-0.25, -0.2) is 4.98 Å². The van der Waals surface area contributed by atoms with Crippen LogP contribution in [0.2, 0.25) is 0 Å². The number of benzene rings is 1. The first-order chi connectivity index (χ1) is 10.1. The van der Waals surface area contributed by atoms with Crippen LogP contribution < -0.4 is 10.6 Å². The number of nitrogens with zero attached hydrogens (tertiary/aromatic N) is 5. The summed E-state index contributed by atoms with van der Waals surface area (Å²) in [6.45, 7) is 4.99. The fraction of sp³-hybridized carbons (Fsp3) is 0.267. The summed E-state index contributed by atoms with van der Waals surface area (Å²) < 4.78 is 1.87. The van der Waals surface area contributed by atoms with Crippen LogP contribution in [-0.4, -0.2) is 25.6 Å². The lowest BCUT2D eigenvalue weighted by Crippen LogP contribution is -2.31. The van der Waals surface area contributed by atoms with Crippen molar-refractivity contribution in [1.29, 1.82) is 0 Å². The van der Waals surface area contributed by atoms with Crippen LogP contribution in [-0.2, 0) is 6.54 Å². The van der Waals surface area contributed by atoms with Crippen molar-refractivity contribution in [2.45, 2.75) is 26.4 Å². The van der Waals surface area contributed by atoms with Gasteiger partial charge in [0.1, 0.15) is 6.33 Å². The van der Waals surface area contributed by atoms with Gasteiger partial charge in [-0.05, 0) is 31.5 Å². The third kappa shape index (κ3) is 2.65. The van der Waals surface area contributed by atoms with Gasteiger partial charge >= 0.3 is 0 Å². The number of nitrogens with two attached hydrogens (primary N) is 1. The van der Waals surface area contributed by atoms with Gasteiger partial charge in [-0.3, -0.25) is 4.40 Å². The summed E-state index contributed by atoms with van der Waals surface area (Å²) >= 11 is 0. The average Bonchev–Trinajstić information content (AvgIpc) is 2.93. The molecule has 0 unspecified atom stereocenters. The largest absolute Gasteiger partial charge is 0.399 e. The summed E-state index contributed by atoms with van der Waals surface area (Å²) in [6, 6.07) is 8.19. The van der Waals surface area contributed by atoms with Crippen LogP contribution >= 0.6 is 0 Å². The number of hydrogen-bond donors (Lipinski definition) is 1. The minimum atomic E-state index is 0.279. The molecule has 0 aliphatic heterocycles. The molecule has 0 aliphatic rings. The van der Waals surface area contributed by atoms with Crippen molar-refractivity contribution in [2.75, 3.05) is 10.6 Å². The van der Waals surface area contributed by atoms with Gasteiger partial charge in [-0.1, -0.05) is 12.1 Å². The Kier molecular flexibility index (Phi) is 3.43. The van der Waals surface area contributed by atoms with Crippen LogP contribution in [0.15, 0.2) is 43.0 Å². The highest BCUT2D eigenvalue weighted by Gasteiger charge is 2.17. The molecule has 2 N–H and O–H groups in total. The molecule has 0 fully saturated rings. The van der Waals surface area contributed by atoms with E-state index in [0.717, 1.165) is 29.3 Å². The highest BCUT2D eigenvalue weighted by molar-refractivity contribution is 5.63. The van der Waals surface area contributed by atoms with Crippen LogP contribution in [0.4, 0.5) is 11.5 Å². The van der Waals surface area contributed by atoms with Gasteiger partial charge in [0.15, 0.2) is 5.82 Å². The lowest BCUT2D eigenvalue weighted by atomic mass is 10.1. The van der Waals surface area contributed by atoms with E-state index in [9.17, 15) is 0 Å². The fourth-order valence-electron chi connectivity index (χ4n) is 2.34. The van der Waals surface area contributed by atoms with Crippen molar-refractivity contribution in [3.8, 4) is 0 Å². The molecule has 0 aliphatic carbocycles. The highest BCUT2D eigenvalue weighted by Crippen LogP contribution is 2.22. The molecule has 1 aromatic carbocycles. The standard InChI is InChI=1S/C15H18N6/c1-11(2)21(9-12-4-3-5-13(16)8-12)14-15-19-18-10-20(15)7-6-17-14/h3-8,10-11H,9,16H2,1-2H3. The van der Waals surface area contributed by atoms with Crippen molar-refractivity contribution in [1.82, 2.24) is 19.6 Å². The van der Waals surface area contributed by atoms with E-state index >= 15 is 0 Å². The molecular weight excluding hydrogens is 264 g/mol. The van der Waals surface area contributed by atoms with Gasteiger partial charge in [0.2, 0.25) is 5.65 Å².